The lowest BCUT2D eigenvalue weighted by atomic mass is 10.1. The van der Waals surface area contributed by atoms with E-state index in [-0.39, 0.29) is 12.2 Å². The van der Waals surface area contributed by atoms with Crippen LogP contribution < -0.4 is 9.47 Å². The highest BCUT2D eigenvalue weighted by Gasteiger charge is 2.14. The maximum atomic E-state index is 11.7. The molecule has 0 aliphatic heterocycles. The number of nitrogens with zero attached hydrogens (tertiary/aromatic N) is 1. The van der Waals surface area contributed by atoms with E-state index in [1.807, 2.05) is 13.0 Å². The Hall–Kier alpha value is -2.26. The molecule has 23 heavy (non-hydrogen) atoms. The van der Waals surface area contributed by atoms with E-state index in [0.29, 0.717) is 34.7 Å². The molecule has 0 saturated carbocycles. The molecular weight excluding hydrogens is 362 g/mol. The van der Waals surface area contributed by atoms with Crippen molar-refractivity contribution in [1.29, 1.82) is 5.26 Å². The summed E-state index contributed by atoms with van der Waals surface area (Å²) < 4.78 is 16.6. The minimum Gasteiger partial charge on any atom is -0.490 e. The number of carbonyl (C=O) groups is 1. The molecule has 5 nitrogen and oxygen atoms in total. The van der Waals surface area contributed by atoms with Crippen LogP contribution in [0.15, 0.2) is 34.8 Å². The van der Waals surface area contributed by atoms with Crippen LogP contribution in [0.2, 0.25) is 0 Å². The molecule has 6 heteroatoms. The zero-order chi connectivity index (χ0) is 17.2. The first-order chi connectivity index (χ1) is 11.1. The van der Waals surface area contributed by atoms with Gasteiger partial charge in [-0.15, -0.1) is 0 Å². The van der Waals surface area contributed by atoms with Gasteiger partial charge in [0.15, 0.2) is 11.5 Å². The molecule has 0 aliphatic carbocycles. The van der Waals surface area contributed by atoms with Crippen molar-refractivity contribution in [1.82, 2.24) is 0 Å². The Morgan fingerprint density at radius 2 is 2.09 bits per heavy atom. The second-order valence-electron chi connectivity index (χ2n) is 4.25. The monoisotopic (exact) mass is 379 g/mol. The van der Waals surface area contributed by atoms with E-state index in [1.165, 1.54) is 6.08 Å². The molecule has 0 radical (unpaired) electrons. The molecule has 0 unspecified atom stereocenters. The lowest BCUT2D eigenvalue weighted by Crippen LogP contribution is -2.06. The third-order valence-electron chi connectivity index (χ3n) is 2.60. The van der Waals surface area contributed by atoms with E-state index in [4.69, 9.17) is 19.5 Å². The summed E-state index contributed by atoms with van der Waals surface area (Å²) in [6, 6.07) is 5.27. The van der Waals surface area contributed by atoms with Gasteiger partial charge in [0.05, 0.1) is 17.7 Å². The van der Waals surface area contributed by atoms with Crippen LogP contribution in [0.3, 0.4) is 0 Å². The van der Waals surface area contributed by atoms with Crippen LogP contribution in [0.4, 0.5) is 0 Å². The molecule has 0 saturated heterocycles. The van der Waals surface area contributed by atoms with E-state index in [2.05, 4.69) is 22.5 Å². The van der Waals surface area contributed by atoms with Crippen molar-refractivity contribution in [3.8, 4) is 17.6 Å². The highest BCUT2D eigenvalue weighted by molar-refractivity contribution is 9.10. The van der Waals surface area contributed by atoms with Gasteiger partial charge in [-0.3, -0.25) is 0 Å². The van der Waals surface area contributed by atoms with E-state index >= 15 is 0 Å². The van der Waals surface area contributed by atoms with Crippen molar-refractivity contribution in [3.63, 3.8) is 0 Å². The van der Waals surface area contributed by atoms with E-state index in [0.717, 1.165) is 0 Å². The Bertz CT molecular complexity index is 647. The summed E-state index contributed by atoms with van der Waals surface area (Å²) in [4.78, 5) is 11.7. The summed E-state index contributed by atoms with van der Waals surface area (Å²) in [6.07, 6.45) is 3.08. The summed E-state index contributed by atoms with van der Waals surface area (Å²) in [5.74, 6) is 0.394. The highest BCUT2D eigenvalue weighted by atomic mass is 79.9. The first kappa shape index (κ1) is 18.8. The van der Waals surface area contributed by atoms with Crippen LogP contribution in [0.1, 0.15) is 19.4 Å². The largest absolute Gasteiger partial charge is 0.490 e. The molecule has 122 valence electrons. The zero-order valence-electron chi connectivity index (χ0n) is 13.1. The Morgan fingerprint density at radius 1 is 1.35 bits per heavy atom. The number of ether oxygens (including phenoxy) is 3. The van der Waals surface area contributed by atoms with Gasteiger partial charge in [0, 0.05) is 0 Å². The van der Waals surface area contributed by atoms with Crippen LogP contribution in [-0.4, -0.2) is 25.8 Å². The fourth-order valence-electron chi connectivity index (χ4n) is 1.73. The zero-order valence-corrected chi connectivity index (χ0v) is 14.7. The van der Waals surface area contributed by atoms with Gasteiger partial charge in [0.1, 0.15) is 18.2 Å². The normalized spacial score (nSPS) is 10.6. The van der Waals surface area contributed by atoms with Crippen molar-refractivity contribution in [2.75, 3.05) is 19.8 Å². The number of benzene rings is 1. The van der Waals surface area contributed by atoms with Crippen LogP contribution >= 0.6 is 15.9 Å². The lowest BCUT2D eigenvalue weighted by Gasteiger charge is -2.13. The predicted octanol–water partition coefficient (Wildman–Crippen LogP) is 3.88. The predicted molar refractivity (Wildman–Crippen MR) is 91.2 cm³/mol. The summed E-state index contributed by atoms with van der Waals surface area (Å²) in [7, 11) is 0. The standard InChI is InChI=1S/C17H18BrNO4/c1-4-7-23-16-14(18)9-12(10-15(16)21-5-2)8-13(11-19)17(20)22-6-3/h4,8-10H,1,5-7H2,2-3H3/b13-8+. The molecule has 1 aromatic carbocycles. The fourth-order valence-corrected chi connectivity index (χ4v) is 2.30. The maximum Gasteiger partial charge on any atom is 0.348 e. The molecule has 0 bridgehead atoms. The minimum atomic E-state index is -0.656. The number of rotatable bonds is 8. The van der Waals surface area contributed by atoms with Crippen molar-refractivity contribution < 1.29 is 19.0 Å². The molecule has 0 heterocycles. The van der Waals surface area contributed by atoms with E-state index < -0.39 is 5.97 Å². The number of esters is 1. The third-order valence-corrected chi connectivity index (χ3v) is 3.19. The molecule has 0 aromatic heterocycles. The van der Waals surface area contributed by atoms with Gasteiger partial charge in [0.2, 0.25) is 0 Å². The minimum absolute atomic E-state index is 0.0824. The smallest absolute Gasteiger partial charge is 0.348 e. The molecular formula is C17H18BrNO4. The molecule has 0 amide bonds. The summed E-state index contributed by atoms with van der Waals surface area (Å²) in [5, 5.41) is 9.10. The second-order valence-corrected chi connectivity index (χ2v) is 5.11. The lowest BCUT2D eigenvalue weighted by molar-refractivity contribution is -0.137. The number of carbonyl (C=O) groups excluding carboxylic acids is 1. The van der Waals surface area contributed by atoms with Crippen molar-refractivity contribution >= 4 is 28.0 Å². The Labute approximate surface area is 144 Å². The Kier molecular flexibility index (Phi) is 7.92. The highest BCUT2D eigenvalue weighted by Crippen LogP contribution is 2.37. The Balaban J connectivity index is 3.25. The topological polar surface area (TPSA) is 68.5 Å². The van der Waals surface area contributed by atoms with Gasteiger partial charge in [0.25, 0.3) is 0 Å². The molecule has 0 aliphatic rings. The van der Waals surface area contributed by atoms with Gasteiger partial charge in [-0.05, 0) is 53.5 Å². The number of hydrogen-bond donors (Lipinski definition) is 0. The second kappa shape index (κ2) is 9.70. The SMILES string of the molecule is C=CCOc1c(Br)cc(/C=C(\C#N)C(=O)OCC)cc1OCC. The van der Waals surface area contributed by atoms with Crippen molar-refractivity contribution in [2.45, 2.75) is 13.8 Å². The van der Waals surface area contributed by atoms with Crippen molar-refractivity contribution in [2.24, 2.45) is 0 Å². The van der Waals surface area contributed by atoms with E-state index in [9.17, 15) is 4.79 Å². The molecule has 0 N–H and O–H groups in total. The molecule has 0 atom stereocenters. The average molecular weight is 380 g/mol. The van der Waals surface area contributed by atoms with Gasteiger partial charge in [-0.1, -0.05) is 12.7 Å². The Morgan fingerprint density at radius 3 is 2.65 bits per heavy atom. The van der Waals surface area contributed by atoms with Crippen LogP contribution in [0.5, 0.6) is 11.5 Å². The van der Waals surface area contributed by atoms with E-state index in [1.54, 1.807) is 25.1 Å². The first-order valence-electron chi connectivity index (χ1n) is 7.06. The number of halogens is 1. The van der Waals surface area contributed by atoms with Gasteiger partial charge in [-0.25, -0.2) is 4.79 Å². The summed E-state index contributed by atoms with van der Waals surface area (Å²) in [5.41, 5.74) is 0.539. The average Bonchev–Trinajstić information content (AvgIpc) is 2.52. The summed E-state index contributed by atoms with van der Waals surface area (Å²) in [6.45, 7) is 8.14. The molecule has 0 spiro atoms. The van der Waals surface area contributed by atoms with Crippen LogP contribution in [0, 0.1) is 11.3 Å². The fraction of sp³-hybridized carbons (Fsp3) is 0.294. The van der Waals surface area contributed by atoms with Crippen LogP contribution in [-0.2, 0) is 9.53 Å². The summed E-state index contributed by atoms with van der Waals surface area (Å²) >= 11 is 3.41. The third kappa shape index (κ3) is 5.46. The van der Waals surface area contributed by atoms with Gasteiger partial charge >= 0.3 is 5.97 Å². The molecule has 1 rings (SSSR count). The van der Waals surface area contributed by atoms with Gasteiger partial charge in [-0.2, -0.15) is 5.26 Å². The number of hydrogen-bond acceptors (Lipinski definition) is 5. The van der Waals surface area contributed by atoms with Gasteiger partial charge < -0.3 is 14.2 Å². The van der Waals surface area contributed by atoms with Crippen molar-refractivity contribution in [3.05, 3.63) is 40.4 Å². The maximum absolute atomic E-state index is 11.7. The number of nitriles is 1. The quantitative estimate of drug-likeness (QED) is 0.296. The molecule has 0 fully saturated rings. The van der Waals surface area contributed by atoms with Crippen LogP contribution in [0.25, 0.3) is 6.08 Å². The first-order valence-corrected chi connectivity index (χ1v) is 7.85. The molecule has 1 aromatic rings.